The molecule has 3 heteroatoms. The molecule has 1 aliphatic carbocycles. The molecule has 3 atom stereocenters. The van der Waals surface area contributed by atoms with E-state index in [0.29, 0.717) is 12.0 Å². The van der Waals surface area contributed by atoms with Crippen LogP contribution in [-0.4, -0.2) is 29.0 Å². The lowest BCUT2D eigenvalue weighted by atomic mass is 9.68. The van der Waals surface area contributed by atoms with Crippen LogP contribution in [0.2, 0.25) is 0 Å². The van der Waals surface area contributed by atoms with Crippen molar-refractivity contribution in [3.63, 3.8) is 0 Å². The summed E-state index contributed by atoms with van der Waals surface area (Å²) in [4.78, 5) is 7.11. The second-order valence-corrected chi connectivity index (χ2v) is 6.61. The Balaban J connectivity index is 2.00. The number of hydrogen-bond donors (Lipinski definition) is 1. The summed E-state index contributed by atoms with van der Waals surface area (Å²) >= 11 is 0. The highest BCUT2D eigenvalue weighted by Crippen LogP contribution is 2.47. The van der Waals surface area contributed by atoms with Crippen molar-refractivity contribution < 1.29 is 0 Å². The van der Waals surface area contributed by atoms with Gasteiger partial charge >= 0.3 is 0 Å². The molecule has 2 aliphatic rings. The lowest BCUT2D eigenvalue weighted by molar-refractivity contribution is 0.0835. The third kappa shape index (κ3) is 2.33. The molecule has 0 bridgehead atoms. The van der Waals surface area contributed by atoms with Crippen molar-refractivity contribution in [3.8, 4) is 0 Å². The van der Waals surface area contributed by atoms with Crippen LogP contribution in [0.1, 0.15) is 57.4 Å². The summed E-state index contributed by atoms with van der Waals surface area (Å²) in [6.07, 6.45) is 6.18. The highest BCUT2D eigenvalue weighted by atomic mass is 15.4. The topological polar surface area (TPSA) is 41.6 Å². The quantitative estimate of drug-likeness (QED) is 0.923. The summed E-state index contributed by atoms with van der Waals surface area (Å²) in [5.41, 5.74) is 7.84. The van der Waals surface area contributed by atoms with Gasteiger partial charge in [0, 0.05) is 12.0 Å². The molecule has 1 fully saturated rings. The van der Waals surface area contributed by atoms with Gasteiger partial charge in [0.1, 0.15) is 0 Å². The molecule has 1 spiro atoms. The van der Waals surface area contributed by atoms with Gasteiger partial charge in [0.2, 0.25) is 0 Å². The molecule has 3 rings (SSSR count). The third-order valence-corrected chi connectivity index (χ3v) is 5.48. The second kappa shape index (κ2) is 5.70. The van der Waals surface area contributed by atoms with E-state index in [2.05, 4.69) is 54.1 Å². The van der Waals surface area contributed by atoms with Crippen LogP contribution >= 0.6 is 0 Å². The molecule has 1 saturated carbocycles. The van der Waals surface area contributed by atoms with Crippen molar-refractivity contribution in [3.05, 3.63) is 35.9 Å². The van der Waals surface area contributed by atoms with Crippen LogP contribution in [0.15, 0.2) is 35.3 Å². The maximum Gasteiger partial charge on any atom is 0.192 e. The summed E-state index contributed by atoms with van der Waals surface area (Å²) in [6.45, 7) is 5.39. The van der Waals surface area contributed by atoms with Crippen LogP contribution in [0, 0.1) is 0 Å². The average Bonchev–Trinajstić information content (AvgIpc) is 2.85. The summed E-state index contributed by atoms with van der Waals surface area (Å²) in [5.74, 6) is 1.30. The molecule has 3 unspecified atom stereocenters. The van der Waals surface area contributed by atoms with E-state index in [1.54, 1.807) is 0 Å². The van der Waals surface area contributed by atoms with E-state index >= 15 is 0 Å². The molecule has 1 aromatic carbocycles. The number of nitrogens with zero attached hydrogens (tertiary/aromatic N) is 2. The van der Waals surface area contributed by atoms with Gasteiger partial charge in [-0.15, -0.1) is 0 Å². The average molecular weight is 285 g/mol. The maximum atomic E-state index is 6.28. The lowest BCUT2D eigenvalue weighted by Gasteiger charge is -2.50. The molecule has 1 aliphatic heterocycles. The highest BCUT2D eigenvalue weighted by molar-refractivity contribution is 5.81. The first kappa shape index (κ1) is 14.4. The molecule has 21 heavy (non-hydrogen) atoms. The van der Waals surface area contributed by atoms with E-state index < -0.39 is 0 Å². The fourth-order valence-corrected chi connectivity index (χ4v) is 4.31. The maximum absolute atomic E-state index is 6.28. The number of aliphatic imine (C=N–C) groups is 1. The minimum absolute atomic E-state index is 0.110. The van der Waals surface area contributed by atoms with E-state index in [-0.39, 0.29) is 5.54 Å². The Morgan fingerprint density at radius 3 is 2.81 bits per heavy atom. The van der Waals surface area contributed by atoms with Crippen LogP contribution in [0.4, 0.5) is 0 Å². The van der Waals surface area contributed by atoms with Gasteiger partial charge in [-0.3, -0.25) is 4.99 Å². The fourth-order valence-electron chi connectivity index (χ4n) is 4.31. The Kier molecular flexibility index (Phi) is 3.92. The SMILES string of the molecule is CCC(C)N1C(N)=NCC12CCCCC2c1ccccc1. The van der Waals surface area contributed by atoms with Crippen molar-refractivity contribution in [2.24, 2.45) is 10.7 Å². The molecule has 0 amide bonds. The number of nitrogens with two attached hydrogens (primary N) is 1. The van der Waals surface area contributed by atoms with Crippen molar-refractivity contribution in [2.75, 3.05) is 6.54 Å². The second-order valence-electron chi connectivity index (χ2n) is 6.61. The van der Waals surface area contributed by atoms with Gasteiger partial charge in [-0.05, 0) is 31.7 Å². The Hall–Kier alpha value is -1.51. The van der Waals surface area contributed by atoms with Gasteiger partial charge in [0.15, 0.2) is 5.96 Å². The third-order valence-electron chi connectivity index (χ3n) is 5.48. The number of hydrogen-bond acceptors (Lipinski definition) is 3. The number of guanidine groups is 1. The van der Waals surface area contributed by atoms with E-state index in [9.17, 15) is 0 Å². The summed E-state index contributed by atoms with van der Waals surface area (Å²) < 4.78 is 0. The molecule has 1 heterocycles. The van der Waals surface area contributed by atoms with Crippen LogP contribution in [-0.2, 0) is 0 Å². The predicted molar refractivity (Wildman–Crippen MR) is 88.5 cm³/mol. The fraction of sp³-hybridized carbons (Fsp3) is 0.611. The van der Waals surface area contributed by atoms with Gasteiger partial charge < -0.3 is 10.6 Å². The molecule has 114 valence electrons. The first-order chi connectivity index (χ1) is 10.2. The molecular weight excluding hydrogens is 258 g/mol. The molecule has 0 radical (unpaired) electrons. The zero-order chi connectivity index (χ0) is 14.9. The Morgan fingerprint density at radius 2 is 2.10 bits per heavy atom. The summed E-state index contributed by atoms with van der Waals surface area (Å²) in [5, 5.41) is 0. The van der Waals surface area contributed by atoms with Crippen molar-refractivity contribution in [2.45, 2.75) is 63.5 Å². The molecular formula is C18H27N3. The monoisotopic (exact) mass is 285 g/mol. The zero-order valence-electron chi connectivity index (χ0n) is 13.3. The number of benzene rings is 1. The van der Waals surface area contributed by atoms with Crippen LogP contribution in [0.5, 0.6) is 0 Å². The van der Waals surface area contributed by atoms with E-state index in [0.717, 1.165) is 18.9 Å². The van der Waals surface area contributed by atoms with E-state index in [1.165, 1.54) is 31.2 Å². The Morgan fingerprint density at radius 1 is 1.33 bits per heavy atom. The Labute approximate surface area is 128 Å². The Bertz CT molecular complexity index is 510. The molecule has 0 aromatic heterocycles. The molecule has 1 aromatic rings. The molecule has 2 N–H and O–H groups in total. The largest absolute Gasteiger partial charge is 0.370 e. The minimum atomic E-state index is 0.110. The summed E-state index contributed by atoms with van der Waals surface area (Å²) in [7, 11) is 0. The normalized spacial score (nSPS) is 30.5. The van der Waals surface area contributed by atoms with Gasteiger partial charge in [0.05, 0.1) is 12.1 Å². The molecule has 3 nitrogen and oxygen atoms in total. The minimum Gasteiger partial charge on any atom is -0.370 e. The first-order valence-electron chi connectivity index (χ1n) is 8.33. The highest BCUT2D eigenvalue weighted by Gasteiger charge is 2.50. The zero-order valence-corrected chi connectivity index (χ0v) is 13.3. The standard InChI is InChI=1S/C18H27N3/c1-3-14(2)21-17(19)20-13-18(21)12-8-7-11-16(18)15-9-5-4-6-10-15/h4-6,9-10,14,16H,3,7-8,11-13H2,1-2H3,(H2,19,20). The number of rotatable bonds is 3. The van der Waals surface area contributed by atoms with Gasteiger partial charge in [-0.25, -0.2) is 0 Å². The van der Waals surface area contributed by atoms with Crippen molar-refractivity contribution in [1.82, 2.24) is 4.90 Å². The molecule has 0 saturated heterocycles. The van der Waals surface area contributed by atoms with E-state index in [1.807, 2.05) is 0 Å². The first-order valence-corrected chi connectivity index (χ1v) is 8.33. The summed E-state index contributed by atoms with van der Waals surface area (Å²) in [6, 6.07) is 11.4. The smallest absolute Gasteiger partial charge is 0.192 e. The van der Waals surface area contributed by atoms with E-state index in [4.69, 9.17) is 5.73 Å². The van der Waals surface area contributed by atoms with Gasteiger partial charge in [0.25, 0.3) is 0 Å². The lowest BCUT2D eigenvalue weighted by Crippen LogP contribution is -2.59. The van der Waals surface area contributed by atoms with Crippen molar-refractivity contribution in [1.29, 1.82) is 0 Å². The van der Waals surface area contributed by atoms with Crippen LogP contribution in [0.3, 0.4) is 0 Å². The predicted octanol–water partition coefficient (Wildman–Crippen LogP) is 3.51. The van der Waals surface area contributed by atoms with Crippen LogP contribution < -0.4 is 5.73 Å². The van der Waals surface area contributed by atoms with Gasteiger partial charge in [-0.1, -0.05) is 50.1 Å². The van der Waals surface area contributed by atoms with Gasteiger partial charge in [-0.2, -0.15) is 0 Å². The van der Waals surface area contributed by atoms with Crippen molar-refractivity contribution >= 4 is 5.96 Å². The van der Waals surface area contributed by atoms with Crippen LogP contribution in [0.25, 0.3) is 0 Å².